The summed E-state index contributed by atoms with van der Waals surface area (Å²) in [5.74, 6) is -0.222. The number of sulfonamides is 1. The Hall–Kier alpha value is -1.27. The lowest BCUT2D eigenvalue weighted by Crippen LogP contribution is -2.37. The first kappa shape index (κ1) is 12.8. The van der Waals surface area contributed by atoms with Gasteiger partial charge in [0.05, 0.1) is 18.5 Å². The lowest BCUT2D eigenvalue weighted by molar-refractivity contribution is 0.599. The molecular weight excluding hydrogens is 250 g/mol. The fraction of sp³-hybridized carbons (Fsp3) is 0.222. The highest BCUT2D eigenvalue weighted by molar-refractivity contribution is 7.92. The maximum Gasteiger partial charge on any atom is 0.232 e. The maximum atomic E-state index is 11.5. The van der Waals surface area contributed by atoms with Crippen molar-refractivity contribution >= 4 is 33.1 Å². The van der Waals surface area contributed by atoms with E-state index < -0.39 is 10.0 Å². The Bertz CT molecular complexity index is 484. The number of hydrogen-bond donors (Lipinski definition) is 2. The second kappa shape index (κ2) is 4.71. The smallest absolute Gasteiger partial charge is 0.232 e. The van der Waals surface area contributed by atoms with Crippen molar-refractivity contribution in [2.45, 2.75) is 0 Å². The summed E-state index contributed by atoms with van der Waals surface area (Å²) < 4.78 is 24.0. The highest BCUT2D eigenvalue weighted by Gasteiger charge is 2.17. The predicted molar refractivity (Wildman–Crippen MR) is 65.6 cm³/mol. The van der Waals surface area contributed by atoms with Crippen LogP contribution in [0.25, 0.3) is 0 Å². The molecule has 0 bridgehead atoms. The van der Waals surface area contributed by atoms with Gasteiger partial charge >= 0.3 is 0 Å². The van der Waals surface area contributed by atoms with Gasteiger partial charge in [0.15, 0.2) is 0 Å². The molecule has 0 amide bonds. The van der Waals surface area contributed by atoms with Gasteiger partial charge in [0.1, 0.15) is 5.84 Å². The first-order chi connectivity index (χ1) is 7.30. The maximum absolute atomic E-state index is 11.5. The molecule has 5 nitrogen and oxygen atoms in total. The minimum atomic E-state index is -3.46. The molecule has 88 valence electrons. The molecule has 0 saturated carbocycles. The van der Waals surface area contributed by atoms with E-state index in [2.05, 4.69) is 0 Å². The van der Waals surface area contributed by atoms with Gasteiger partial charge < -0.3 is 5.73 Å². The zero-order valence-corrected chi connectivity index (χ0v) is 10.2. The number of hydrogen-bond acceptors (Lipinski definition) is 3. The number of benzene rings is 1. The first-order valence-corrected chi connectivity index (χ1v) is 6.59. The third-order valence-corrected chi connectivity index (χ3v) is 3.22. The van der Waals surface area contributed by atoms with Crippen LogP contribution < -0.4 is 10.0 Å². The van der Waals surface area contributed by atoms with Crippen molar-refractivity contribution in [2.75, 3.05) is 17.1 Å². The van der Waals surface area contributed by atoms with Crippen molar-refractivity contribution in [3.63, 3.8) is 0 Å². The molecule has 0 saturated heterocycles. The minimum absolute atomic E-state index is 0.166. The quantitative estimate of drug-likeness (QED) is 0.627. The van der Waals surface area contributed by atoms with E-state index in [0.29, 0.717) is 10.7 Å². The molecule has 16 heavy (non-hydrogen) atoms. The summed E-state index contributed by atoms with van der Waals surface area (Å²) in [7, 11) is -3.46. The highest BCUT2D eigenvalue weighted by Crippen LogP contribution is 2.19. The number of amidine groups is 1. The fourth-order valence-electron chi connectivity index (χ4n) is 1.16. The third kappa shape index (κ3) is 3.39. The van der Waals surface area contributed by atoms with Crippen LogP contribution in [0.1, 0.15) is 0 Å². The molecule has 0 aliphatic carbocycles. The Labute approximate surface area is 99.4 Å². The summed E-state index contributed by atoms with van der Waals surface area (Å²) in [6.07, 6.45) is 1.06. The first-order valence-electron chi connectivity index (χ1n) is 4.37. The summed E-state index contributed by atoms with van der Waals surface area (Å²) in [5, 5.41) is 7.66. The Morgan fingerprint density at radius 2 is 1.94 bits per heavy atom. The third-order valence-electron chi connectivity index (χ3n) is 1.83. The number of nitrogens with one attached hydrogen (secondary N) is 1. The van der Waals surface area contributed by atoms with Crippen molar-refractivity contribution in [1.82, 2.24) is 0 Å². The van der Waals surface area contributed by atoms with Gasteiger partial charge in [-0.05, 0) is 24.3 Å². The predicted octanol–water partition coefficient (Wildman–Crippen LogP) is 1.04. The highest BCUT2D eigenvalue weighted by atomic mass is 35.5. The number of nitrogens with two attached hydrogens (primary N) is 1. The Kier molecular flexibility index (Phi) is 3.77. The van der Waals surface area contributed by atoms with E-state index in [0.717, 1.165) is 10.6 Å². The Morgan fingerprint density at radius 1 is 1.44 bits per heavy atom. The SMILES string of the molecule is CS(=O)(=O)N(CC(=N)N)c1ccc(Cl)cc1. The molecule has 0 aliphatic rings. The Balaban J connectivity index is 3.11. The Morgan fingerprint density at radius 3 is 2.31 bits per heavy atom. The van der Waals surface area contributed by atoms with Gasteiger partial charge in [-0.1, -0.05) is 11.6 Å². The standard InChI is InChI=1S/C9H12ClN3O2S/c1-16(14,15)13(6-9(11)12)8-4-2-7(10)3-5-8/h2-5H,6H2,1H3,(H3,11,12). The lowest BCUT2D eigenvalue weighted by atomic mass is 10.3. The molecule has 0 fully saturated rings. The van der Waals surface area contributed by atoms with Crippen LogP contribution in [0.4, 0.5) is 5.69 Å². The van der Waals surface area contributed by atoms with Crippen molar-refractivity contribution in [2.24, 2.45) is 5.73 Å². The normalized spacial score (nSPS) is 11.1. The molecule has 1 aromatic rings. The zero-order valence-electron chi connectivity index (χ0n) is 8.64. The van der Waals surface area contributed by atoms with Crippen molar-refractivity contribution in [1.29, 1.82) is 5.41 Å². The van der Waals surface area contributed by atoms with Crippen LogP contribution in [-0.4, -0.2) is 27.1 Å². The van der Waals surface area contributed by atoms with E-state index in [-0.39, 0.29) is 12.4 Å². The van der Waals surface area contributed by atoms with Crippen LogP contribution in [-0.2, 0) is 10.0 Å². The number of halogens is 1. The summed E-state index contributed by atoms with van der Waals surface area (Å²) >= 11 is 5.70. The molecule has 1 aromatic carbocycles. The molecule has 1 rings (SSSR count). The van der Waals surface area contributed by atoms with Gasteiger partial charge in [0.2, 0.25) is 10.0 Å². The van der Waals surface area contributed by atoms with E-state index in [1.54, 1.807) is 24.3 Å². The van der Waals surface area contributed by atoms with Gasteiger partial charge in [0, 0.05) is 5.02 Å². The van der Waals surface area contributed by atoms with Crippen LogP contribution in [0.15, 0.2) is 24.3 Å². The van der Waals surface area contributed by atoms with E-state index in [1.807, 2.05) is 0 Å². The second-order valence-electron chi connectivity index (χ2n) is 3.27. The largest absolute Gasteiger partial charge is 0.386 e. The molecule has 0 radical (unpaired) electrons. The summed E-state index contributed by atoms with van der Waals surface area (Å²) in [6, 6.07) is 6.28. The van der Waals surface area contributed by atoms with Crippen LogP contribution >= 0.6 is 11.6 Å². The van der Waals surface area contributed by atoms with Crippen molar-refractivity contribution in [3.8, 4) is 0 Å². The molecule has 0 unspecified atom stereocenters. The number of nitrogens with zero attached hydrogens (tertiary/aromatic N) is 1. The van der Waals surface area contributed by atoms with Crippen LogP contribution in [0.2, 0.25) is 5.02 Å². The van der Waals surface area contributed by atoms with Crippen molar-refractivity contribution in [3.05, 3.63) is 29.3 Å². The average Bonchev–Trinajstić information content (AvgIpc) is 2.14. The van der Waals surface area contributed by atoms with E-state index in [4.69, 9.17) is 22.7 Å². The van der Waals surface area contributed by atoms with E-state index >= 15 is 0 Å². The van der Waals surface area contributed by atoms with Gasteiger partial charge in [-0.15, -0.1) is 0 Å². The molecule has 7 heteroatoms. The number of anilines is 1. The minimum Gasteiger partial charge on any atom is -0.386 e. The second-order valence-corrected chi connectivity index (χ2v) is 5.61. The molecule has 0 heterocycles. The van der Waals surface area contributed by atoms with Crippen LogP contribution in [0.3, 0.4) is 0 Å². The zero-order chi connectivity index (χ0) is 12.3. The van der Waals surface area contributed by atoms with Gasteiger partial charge in [-0.3, -0.25) is 9.71 Å². The van der Waals surface area contributed by atoms with Crippen LogP contribution in [0.5, 0.6) is 0 Å². The van der Waals surface area contributed by atoms with Gasteiger partial charge in [-0.25, -0.2) is 8.42 Å². The molecule has 0 atom stereocenters. The number of rotatable bonds is 4. The van der Waals surface area contributed by atoms with Crippen molar-refractivity contribution < 1.29 is 8.42 Å². The van der Waals surface area contributed by atoms with Gasteiger partial charge in [0.25, 0.3) is 0 Å². The van der Waals surface area contributed by atoms with E-state index in [9.17, 15) is 8.42 Å². The van der Waals surface area contributed by atoms with E-state index in [1.165, 1.54) is 0 Å². The fourth-order valence-corrected chi connectivity index (χ4v) is 2.17. The lowest BCUT2D eigenvalue weighted by Gasteiger charge is -2.21. The summed E-state index contributed by atoms with van der Waals surface area (Å²) in [4.78, 5) is 0. The molecule has 0 spiro atoms. The average molecular weight is 262 g/mol. The summed E-state index contributed by atoms with van der Waals surface area (Å²) in [6.45, 7) is -0.166. The van der Waals surface area contributed by atoms with Crippen LogP contribution in [0, 0.1) is 5.41 Å². The topological polar surface area (TPSA) is 87.2 Å². The molecular formula is C9H12ClN3O2S. The molecule has 0 aliphatic heterocycles. The summed E-state index contributed by atoms with van der Waals surface area (Å²) in [5.41, 5.74) is 5.64. The van der Waals surface area contributed by atoms with Gasteiger partial charge in [-0.2, -0.15) is 0 Å². The molecule has 3 N–H and O–H groups in total. The monoisotopic (exact) mass is 261 g/mol. The molecule has 0 aromatic heterocycles.